The molecule has 0 amide bonds. The van der Waals surface area contributed by atoms with Gasteiger partial charge in [-0.05, 0) is 68.3 Å². The number of rotatable bonds is 4. The Kier molecular flexibility index (Phi) is 4.85. The van der Waals surface area contributed by atoms with Gasteiger partial charge in [0.15, 0.2) is 0 Å². The van der Waals surface area contributed by atoms with Gasteiger partial charge in [0.25, 0.3) is 0 Å². The molecule has 142 valence electrons. The molecule has 0 saturated heterocycles. The number of carbonyl (C=O) groups is 2. The summed E-state index contributed by atoms with van der Waals surface area (Å²) in [5, 5.41) is 0. The number of aromatic nitrogens is 1. The zero-order valence-corrected chi connectivity index (χ0v) is 18.1. The van der Waals surface area contributed by atoms with Crippen molar-refractivity contribution in [2.75, 3.05) is 6.61 Å². The minimum Gasteiger partial charge on any atom is -0.462 e. The molecule has 1 aromatic carbocycles. The summed E-state index contributed by atoms with van der Waals surface area (Å²) in [7, 11) is 0. The highest BCUT2D eigenvalue weighted by atomic mass is 79.9. The average molecular weight is 456 g/mol. The molecule has 0 aliphatic carbocycles. The van der Waals surface area contributed by atoms with Crippen LogP contribution in [0.15, 0.2) is 47.1 Å². The fraction of sp³-hybridized carbons (Fsp3) is 0.182. The maximum atomic E-state index is 13.1. The number of ether oxygens (including phenoxy) is 1. The second-order valence-corrected chi connectivity index (χ2v) is 8.56. The van der Waals surface area contributed by atoms with E-state index in [1.54, 1.807) is 19.1 Å². The molecule has 0 aliphatic rings. The molecule has 4 nitrogen and oxygen atoms in total. The van der Waals surface area contributed by atoms with Gasteiger partial charge in [-0.25, -0.2) is 4.79 Å². The zero-order chi connectivity index (χ0) is 20.0. The number of thiophene rings is 1. The third kappa shape index (κ3) is 2.97. The van der Waals surface area contributed by atoms with Crippen LogP contribution >= 0.6 is 27.3 Å². The molecule has 0 radical (unpaired) electrons. The maximum absolute atomic E-state index is 13.1. The van der Waals surface area contributed by atoms with Crippen LogP contribution in [0.3, 0.4) is 0 Å². The van der Waals surface area contributed by atoms with Crippen LogP contribution in [0.25, 0.3) is 15.7 Å². The van der Waals surface area contributed by atoms with Crippen LogP contribution in [-0.2, 0) is 4.74 Å². The Morgan fingerprint density at radius 1 is 1.14 bits per heavy atom. The highest BCUT2D eigenvalue weighted by molar-refractivity contribution is 9.10. The van der Waals surface area contributed by atoms with Gasteiger partial charge < -0.3 is 9.14 Å². The lowest BCUT2D eigenvalue weighted by Gasteiger charge is -2.04. The smallest absolute Gasteiger partial charge is 0.341 e. The number of pyridine rings is 1. The Hall–Kier alpha value is -2.44. The van der Waals surface area contributed by atoms with Crippen molar-refractivity contribution in [3.8, 4) is 0 Å². The van der Waals surface area contributed by atoms with Gasteiger partial charge in [0.1, 0.15) is 5.56 Å². The number of benzene rings is 1. The summed E-state index contributed by atoms with van der Waals surface area (Å²) in [5.41, 5.74) is 4.80. The van der Waals surface area contributed by atoms with E-state index in [9.17, 15) is 9.59 Å². The molecule has 0 spiro atoms. The monoisotopic (exact) mass is 455 g/mol. The van der Waals surface area contributed by atoms with Crippen LogP contribution in [0, 0.1) is 13.8 Å². The molecule has 0 N–H and O–H groups in total. The maximum Gasteiger partial charge on any atom is 0.341 e. The molecule has 0 atom stereocenters. The van der Waals surface area contributed by atoms with Crippen LogP contribution < -0.4 is 0 Å². The van der Waals surface area contributed by atoms with Gasteiger partial charge in [0.05, 0.1) is 27.2 Å². The number of hydrogen-bond donors (Lipinski definition) is 0. The van der Waals surface area contributed by atoms with Crippen molar-refractivity contribution in [1.29, 1.82) is 0 Å². The molecular weight excluding hydrogens is 438 g/mol. The number of hydrogen-bond acceptors (Lipinski definition) is 4. The lowest BCUT2D eigenvalue weighted by atomic mass is 10.1. The Morgan fingerprint density at radius 2 is 1.86 bits per heavy atom. The Bertz CT molecular complexity index is 1230. The van der Waals surface area contributed by atoms with Gasteiger partial charge in [-0.2, -0.15) is 0 Å². The molecule has 4 rings (SSSR count). The second kappa shape index (κ2) is 7.18. The molecule has 0 unspecified atom stereocenters. The van der Waals surface area contributed by atoms with E-state index in [1.165, 1.54) is 11.3 Å². The predicted molar refractivity (Wildman–Crippen MR) is 116 cm³/mol. The van der Waals surface area contributed by atoms with E-state index >= 15 is 0 Å². The minimum atomic E-state index is -0.357. The number of nitrogens with zero attached hydrogens (tertiary/aromatic N) is 1. The molecule has 6 heteroatoms. The Morgan fingerprint density at radius 3 is 2.54 bits per heavy atom. The fourth-order valence-electron chi connectivity index (χ4n) is 3.42. The highest BCUT2D eigenvalue weighted by Gasteiger charge is 2.26. The second-order valence-electron chi connectivity index (χ2n) is 6.62. The SMILES string of the molecule is CCOC(=O)c1c2sc(C(=O)c3ccc(Br)cc3)c(C)c2n2ccc(C)cc12. The Balaban J connectivity index is 1.98. The lowest BCUT2D eigenvalue weighted by molar-refractivity contribution is 0.0531. The van der Waals surface area contributed by atoms with Crippen LogP contribution in [0.2, 0.25) is 0 Å². The van der Waals surface area contributed by atoms with Gasteiger partial charge in [-0.3, -0.25) is 4.79 Å². The first-order valence-corrected chi connectivity index (χ1v) is 10.5. The van der Waals surface area contributed by atoms with E-state index in [-0.39, 0.29) is 11.8 Å². The van der Waals surface area contributed by atoms with Crippen molar-refractivity contribution in [1.82, 2.24) is 4.40 Å². The van der Waals surface area contributed by atoms with Crippen molar-refractivity contribution in [2.45, 2.75) is 20.8 Å². The van der Waals surface area contributed by atoms with Gasteiger partial charge in [0.2, 0.25) is 5.78 Å². The first kappa shape index (κ1) is 18.9. The van der Waals surface area contributed by atoms with Gasteiger partial charge in [-0.15, -0.1) is 11.3 Å². The number of carbonyl (C=O) groups excluding carboxylic acids is 2. The largest absolute Gasteiger partial charge is 0.462 e. The molecule has 0 fully saturated rings. The number of aryl methyl sites for hydroxylation is 2. The number of esters is 1. The van der Waals surface area contributed by atoms with E-state index in [2.05, 4.69) is 15.9 Å². The summed E-state index contributed by atoms with van der Waals surface area (Å²) < 4.78 is 9.02. The first-order chi connectivity index (χ1) is 13.4. The van der Waals surface area contributed by atoms with Crippen molar-refractivity contribution in [3.05, 3.63) is 74.2 Å². The predicted octanol–water partition coefficient (Wildman–Crippen LogP) is 5.94. The van der Waals surface area contributed by atoms with Crippen LogP contribution in [0.5, 0.6) is 0 Å². The van der Waals surface area contributed by atoms with Gasteiger partial charge >= 0.3 is 5.97 Å². The topological polar surface area (TPSA) is 47.8 Å². The molecular formula is C22H18BrNO3S. The quantitative estimate of drug-likeness (QED) is 0.282. The number of ketones is 1. The van der Waals surface area contributed by atoms with E-state index in [1.807, 2.05) is 48.7 Å². The van der Waals surface area contributed by atoms with Gasteiger partial charge in [-0.1, -0.05) is 15.9 Å². The van der Waals surface area contributed by atoms with Gasteiger partial charge in [0, 0.05) is 16.2 Å². The van der Waals surface area contributed by atoms with Crippen molar-refractivity contribution in [2.24, 2.45) is 0 Å². The lowest BCUT2D eigenvalue weighted by Crippen LogP contribution is -2.04. The summed E-state index contributed by atoms with van der Waals surface area (Å²) in [5.74, 6) is -0.397. The third-order valence-electron chi connectivity index (χ3n) is 4.74. The Labute approximate surface area is 174 Å². The van der Waals surface area contributed by atoms with E-state index in [0.717, 1.165) is 31.3 Å². The van der Waals surface area contributed by atoms with E-state index in [4.69, 9.17) is 4.74 Å². The van der Waals surface area contributed by atoms with E-state index in [0.29, 0.717) is 22.6 Å². The normalized spacial score (nSPS) is 11.3. The standard InChI is InChI=1S/C22H18BrNO3S/c1-4-27-22(26)17-16-11-12(2)9-10-24(16)18-13(3)20(28-21(17)18)19(25)14-5-7-15(23)8-6-14/h5-11H,4H2,1-3H3. The summed E-state index contributed by atoms with van der Waals surface area (Å²) >= 11 is 4.76. The van der Waals surface area contributed by atoms with Crippen molar-refractivity contribution in [3.63, 3.8) is 0 Å². The molecule has 3 aromatic heterocycles. The summed E-state index contributed by atoms with van der Waals surface area (Å²) in [6.45, 7) is 6.02. The van der Waals surface area contributed by atoms with Crippen molar-refractivity contribution < 1.29 is 14.3 Å². The summed E-state index contributed by atoms with van der Waals surface area (Å²) in [6, 6.07) is 11.3. The highest BCUT2D eigenvalue weighted by Crippen LogP contribution is 2.39. The fourth-order valence-corrected chi connectivity index (χ4v) is 4.99. The minimum absolute atomic E-state index is 0.0399. The first-order valence-electron chi connectivity index (χ1n) is 8.93. The molecule has 3 heterocycles. The molecule has 0 saturated carbocycles. The van der Waals surface area contributed by atoms with Crippen LogP contribution in [0.4, 0.5) is 0 Å². The molecule has 4 aromatic rings. The molecule has 0 aliphatic heterocycles. The zero-order valence-electron chi connectivity index (χ0n) is 15.7. The molecule has 28 heavy (non-hydrogen) atoms. The molecule has 0 bridgehead atoms. The van der Waals surface area contributed by atoms with E-state index < -0.39 is 0 Å². The third-order valence-corrected chi connectivity index (χ3v) is 6.57. The average Bonchev–Trinajstić information content (AvgIpc) is 3.16. The summed E-state index contributed by atoms with van der Waals surface area (Å²) in [4.78, 5) is 26.5. The van der Waals surface area contributed by atoms with Crippen LogP contribution in [-0.4, -0.2) is 22.8 Å². The number of halogens is 1. The van der Waals surface area contributed by atoms with Crippen LogP contribution in [0.1, 0.15) is 43.6 Å². The summed E-state index contributed by atoms with van der Waals surface area (Å²) in [6.07, 6.45) is 1.95. The van der Waals surface area contributed by atoms with Crippen molar-refractivity contribution >= 4 is 54.8 Å². The number of fused-ring (bicyclic) bond motifs is 3.